The summed E-state index contributed by atoms with van der Waals surface area (Å²) in [7, 11) is 0. The number of furan rings is 1. The van der Waals surface area contributed by atoms with E-state index in [0.717, 1.165) is 22.0 Å². The summed E-state index contributed by atoms with van der Waals surface area (Å²) < 4.78 is 18.3. The first-order valence-corrected chi connectivity index (χ1v) is 7.57. The summed E-state index contributed by atoms with van der Waals surface area (Å²) in [5, 5.41) is 6.28. The van der Waals surface area contributed by atoms with Gasteiger partial charge in [0.1, 0.15) is 16.6 Å². The maximum absolute atomic E-state index is 12.9. The quantitative estimate of drug-likeness (QED) is 0.759. The molecule has 2 aromatic heterocycles. The van der Waals surface area contributed by atoms with Crippen molar-refractivity contribution in [2.45, 2.75) is 19.5 Å². The Labute approximate surface area is 126 Å². The Balaban J connectivity index is 1.64. The zero-order valence-electron chi connectivity index (χ0n) is 11.5. The fourth-order valence-electron chi connectivity index (χ4n) is 2.01. The van der Waals surface area contributed by atoms with Crippen molar-refractivity contribution in [3.8, 4) is 10.6 Å². The molecule has 1 aromatic carbocycles. The minimum absolute atomic E-state index is 0.135. The van der Waals surface area contributed by atoms with Gasteiger partial charge in [-0.3, -0.25) is 0 Å². The van der Waals surface area contributed by atoms with Crippen molar-refractivity contribution in [1.82, 2.24) is 10.3 Å². The maximum atomic E-state index is 12.9. The van der Waals surface area contributed by atoms with Crippen LogP contribution in [0.4, 0.5) is 4.39 Å². The third kappa shape index (κ3) is 3.37. The first-order valence-electron chi connectivity index (χ1n) is 6.69. The van der Waals surface area contributed by atoms with Crippen LogP contribution in [0.25, 0.3) is 10.6 Å². The highest BCUT2D eigenvalue weighted by Gasteiger charge is 2.09. The minimum Gasteiger partial charge on any atom is -0.468 e. The van der Waals surface area contributed by atoms with Gasteiger partial charge in [0.25, 0.3) is 0 Å². The molecule has 0 aliphatic heterocycles. The molecule has 1 N–H and O–H groups in total. The van der Waals surface area contributed by atoms with Crippen LogP contribution in [-0.2, 0) is 6.54 Å². The first-order chi connectivity index (χ1) is 10.2. The van der Waals surface area contributed by atoms with Crippen LogP contribution >= 0.6 is 11.3 Å². The molecule has 3 nitrogen and oxygen atoms in total. The SMILES string of the molecule is C[C@@H](NCc1csc(-c2ccc(F)cc2)n1)c1ccco1. The van der Waals surface area contributed by atoms with Gasteiger partial charge in [0, 0.05) is 17.5 Å². The summed E-state index contributed by atoms with van der Waals surface area (Å²) in [6, 6.07) is 10.4. The first kappa shape index (κ1) is 14.0. The number of hydrogen-bond donors (Lipinski definition) is 1. The Bertz CT molecular complexity index is 691. The van der Waals surface area contributed by atoms with Gasteiger partial charge >= 0.3 is 0 Å². The molecule has 0 radical (unpaired) electrons. The maximum Gasteiger partial charge on any atom is 0.123 e. The van der Waals surface area contributed by atoms with Crippen molar-refractivity contribution in [1.29, 1.82) is 0 Å². The molecular weight excluding hydrogens is 287 g/mol. The van der Waals surface area contributed by atoms with Gasteiger partial charge < -0.3 is 9.73 Å². The van der Waals surface area contributed by atoms with Gasteiger partial charge in [-0.2, -0.15) is 0 Å². The van der Waals surface area contributed by atoms with Crippen LogP contribution in [0.3, 0.4) is 0 Å². The van der Waals surface area contributed by atoms with E-state index < -0.39 is 0 Å². The minimum atomic E-state index is -0.232. The molecule has 3 rings (SSSR count). The standard InChI is InChI=1S/C16H15FN2OS/c1-11(15-3-2-8-20-15)18-9-14-10-21-16(19-14)12-4-6-13(17)7-5-12/h2-8,10-11,18H,9H2,1H3/t11-/m1/s1. The van der Waals surface area contributed by atoms with E-state index in [0.29, 0.717) is 6.54 Å². The molecule has 0 saturated carbocycles. The number of nitrogens with zero attached hydrogens (tertiary/aromatic N) is 1. The van der Waals surface area contributed by atoms with Crippen LogP contribution in [0.5, 0.6) is 0 Å². The van der Waals surface area contributed by atoms with Crippen molar-refractivity contribution in [3.05, 3.63) is 65.3 Å². The highest BCUT2D eigenvalue weighted by Crippen LogP contribution is 2.24. The number of rotatable bonds is 5. The lowest BCUT2D eigenvalue weighted by atomic mass is 10.2. The normalized spacial score (nSPS) is 12.5. The third-order valence-electron chi connectivity index (χ3n) is 3.20. The molecule has 0 bridgehead atoms. The molecule has 0 saturated heterocycles. The van der Waals surface area contributed by atoms with Gasteiger partial charge in [0.15, 0.2) is 0 Å². The van der Waals surface area contributed by atoms with Crippen molar-refractivity contribution in [2.75, 3.05) is 0 Å². The van der Waals surface area contributed by atoms with Crippen LogP contribution in [-0.4, -0.2) is 4.98 Å². The van der Waals surface area contributed by atoms with E-state index >= 15 is 0 Å². The topological polar surface area (TPSA) is 38.1 Å². The van der Waals surface area contributed by atoms with Gasteiger partial charge in [-0.1, -0.05) is 0 Å². The number of halogens is 1. The van der Waals surface area contributed by atoms with Crippen LogP contribution in [0, 0.1) is 5.82 Å². The number of hydrogen-bond acceptors (Lipinski definition) is 4. The molecule has 0 amide bonds. The van der Waals surface area contributed by atoms with Crippen molar-refractivity contribution in [2.24, 2.45) is 0 Å². The average Bonchev–Trinajstić information content (AvgIpc) is 3.17. The third-order valence-corrected chi connectivity index (χ3v) is 4.14. The van der Waals surface area contributed by atoms with Crippen LogP contribution in [0.2, 0.25) is 0 Å². The van der Waals surface area contributed by atoms with Crippen LogP contribution in [0.15, 0.2) is 52.5 Å². The lowest BCUT2D eigenvalue weighted by Gasteiger charge is -2.09. The summed E-state index contributed by atoms with van der Waals surface area (Å²) in [6.45, 7) is 2.71. The van der Waals surface area contributed by atoms with Crippen molar-refractivity contribution < 1.29 is 8.81 Å². The average molecular weight is 302 g/mol. The van der Waals surface area contributed by atoms with Crippen LogP contribution < -0.4 is 5.32 Å². The fraction of sp³-hybridized carbons (Fsp3) is 0.188. The molecule has 2 heterocycles. The monoisotopic (exact) mass is 302 g/mol. The summed E-state index contributed by atoms with van der Waals surface area (Å²) in [5.41, 5.74) is 1.91. The van der Waals surface area contributed by atoms with E-state index in [1.54, 1.807) is 29.7 Å². The molecule has 5 heteroatoms. The van der Waals surface area contributed by atoms with Gasteiger partial charge in [-0.25, -0.2) is 9.37 Å². The molecule has 0 aliphatic rings. The molecule has 21 heavy (non-hydrogen) atoms. The number of benzene rings is 1. The molecule has 0 spiro atoms. The van der Waals surface area contributed by atoms with E-state index in [1.165, 1.54) is 12.1 Å². The summed E-state index contributed by atoms with van der Waals surface area (Å²) >= 11 is 1.56. The molecule has 0 fully saturated rings. The second-order valence-corrected chi connectivity index (χ2v) is 5.63. The number of nitrogens with one attached hydrogen (secondary N) is 1. The predicted molar refractivity (Wildman–Crippen MR) is 81.5 cm³/mol. The summed E-state index contributed by atoms with van der Waals surface area (Å²) in [5.74, 6) is 0.674. The van der Waals surface area contributed by atoms with E-state index in [9.17, 15) is 4.39 Å². The molecule has 0 unspecified atom stereocenters. The second-order valence-electron chi connectivity index (χ2n) is 4.77. The smallest absolute Gasteiger partial charge is 0.123 e. The van der Waals surface area contributed by atoms with Crippen molar-refractivity contribution >= 4 is 11.3 Å². The molecule has 1 atom stereocenters. The summed E-state index contributed by atoms with van der Waals surface area (Å²) in [4.78, 5) is 4.57. The Morgan fingerprint density at radius 3 is 2.81 bits per heavy atom. The van der Waals surface area contributed by atoms with Gasteiger partial charge in [0.2, 0.25) is 0 Å². The molecule has 3 aromatic rings. The van der Waals surface area contributed by atoms with Gasteiger partial charge in [-0.15, -0.1) is 11.3 Å². The Morgan fingerprint density at radius 1 is 1.29 bits per heavy atom. The summed E-state index contributed by atoms with van der Waals surface area (Å²) in [6.07, 6.45) is 1.67. The van der Waals surface area contributed by atoms with Gasteiger partial charge in [0.05, 0.1) is 18.0 Å². The largest absolute Gasteiger partial charge is 0.468 e. The Morgan fingerprint density at radius 2 is 2.10 bits per heavy atom. The lowest BCUT2D eigenvalue weighted by molar-refractivity contribution is 0.429. The molecule has 0 aliphatic carbocycles. The Kier molecular flexibility index (Phi) is 4.13. The Hall–Kier alpha value is -1.98. The zero-order chi connectivity index (χ0) is 14.7. The van der Waals surface area contributed by atoms with Crippen molar-refractivity contribution in [3.63, 3.8) is 0 Å². The molecule has 108 valence electrons. The second kappa shape index (κ2) is 6.20. The molecular formula is C16H15FN2OS. The fourth-order valence-corrected chi connectivity index (χ4v) is 2.83. The highest BCUT2D eigenvalue weighted by molar-refractivity contribution is 7.13. The predicted octanol–water partition coefficient (Wildman–Crippen LogP) is 4.39. The lowest BCUT2D eigenvalue weighted by Crippen LogP contribution is -2.17. The number of aromatic nitrogens is 1. The highest BCUT2D eigenvalue weighted by atomic mass is 32.1. The van der Waals surface area contributed by atoms with E-state index in [-0.39, 0.29) is 11.9 Å². The zero-order valence-corrected chi connectivity index (χ0v) is 12.4. The van der Waals surface area contributed by atoms with E-state index in [1.807, 2.05) is 24.4 Å². The van der Waals surface area contributed by atoms with Crippen LogP contribution in [0.1, 0.15) is 24.4 Å². The van der Waals surface area contributed by atoms with Gasteiger partial charge in [-0.05, 0) is 43.3 Å². The van der Waals surface area contributed by atoms with E-state index in [4.69, 9.17) is 4.42 Å². The van der Waals surface area contributed by atoms with E-state index in [2.05, 4.69) is 10.3 Å². The number of thiazole rings is 1.